The summed E-state index contributed by atoms with van der Waals surface area (Å²) in [5.74, 6) is -1.12. The number of aryl methyl sites for hydroxylation is 1. The summed E-state index contributed by atoms with van der Waals surface area (Å²) in [6.07, 6.45) is 2.03. The van der Waals surface area contributed by atoms with Crippen LogP contribution in [0.15, 0.2) is 52.4 Å². The van der Waals surface area contributed by atoms with Gasteiger partial charge in [0.25, 0.3) is 15.9 Å². The number of unbranched alkanes of at least 4 members (excludes halogenated alkanes) is 1. The number of hydrogen-bond donors (Lipinski definition) is 3. The first kappa shape index (κ1) is 24.4. The van der Waals surface area contributed by atoms with Crippen molar-refractivity contribution in [1.29, 1.82) is 0 Å². The van der Waals surface area contributed by atoms with E-state index in [-0.39, 0.29) is 35.3 Å². The highest BCUT2D eigenvalue weighted by Crippen LogP contribution is 2.23. The smallest absolute Gasteiger partial charge is 0.263 e. The second kappa shape index (κ2) is 10.6. The first-order chi connectivity index (χ1) is 15.7. The molecule has 2 amide bonds. The molecule has 1 unspecified atom stereocenters. The number of fused-ring (bicyclic) bond motifs is 1. The fourth-order valence-electron chi connectivity index (χ4n) is 3.35. The summed E-state index contributed by atoms with van der Waals surface area (Å²) in [6, 6.07) is 9.91. The van der Waals surface area contributed by atoms with Crippen LogP contribution in [-0.4, -0.2) is 45.2 Å². The summed E-state index contributed by atoms with van der Waals surface area (Å²) in [6.45, 7) is 3.89. The summed E-state index contributed by atoms with van der Waals surface area (Å²) in [5.41, 5.74) is 1.08. The topological polar surface area (TPSA) is 117 Å². The van der Waals surface area contributed by atoms with E-state index in [9.17, 15) is 22.4 Å². The van der Waals surface area contributed by atoms with Gasteiger partial charge < -0.3 is 10.6 Å². The van der Waals surface area contributed by atoms with Gasteiger partial charge in [0.1, 0.15) is 17.7 Å². The van der Waals surface area contributed by atoms with E-state index in [1.165, 1.54) is 24.3 Å². The van der Waals surface area contributed by atoms with E-state index in [4.69, 9.17) is 0 Å². The SMILES string of the molecule is CCCCC(N=C1NS(=O)(=O)c2ccccc21)C(=O)NCCNC(=O)c1ccc(C)c(F)c1. The number of rotatable bonds is 9. The lowest BCUT2D eigenvalue weighted by Crippen LogP contribution is -2.40. The van der Waals surface area contributed by atoms with Gasteiger partial charge in [0.15, 0.2) is 0 Å². The van der Waals surface area contributed by atoms with Crippen LogP contribution in [-0.2, 0) is 14.8 Å². The zero-order valence-corrected chi connectivity index (χ0v) is 19.3. The zero-order chi connectivity index (χ0) is 24.0. The van der Waals surface area contributed by atoms with E-state index in [2.05, 4.69) is 20.3 Å². The molecule has 0 fully saturated rings. The minimum absolute atomic E-state index is 0.133. The number of aliphatic imine (C=N–C) groups is 1. The Morgan fingerprint density at radius 2 is 1.85 bits per heavy atom. The molecule has 2 aromatic rings. The van der Waals surface area contributed by atoms with Crippen molar-refractivity contribution < 1.29 is 22.4 Å². The molecule has 10 heteroatoms. The molecule has 0 bridgehead atoms. The lowest BCUT2D eigenvalue weighted by molar-refractivity contribution is -0.122. The van der Waals surface area contributed by atoms with Crippen molar-refractivity contribution in [3.05, 3.63) is 65.0 Å². The second-order valence-corrected chi connectivity index (χ2v) is 9.40. The molecule has 1 heterocycles. The Balaban J connectivity index is 1.61. The molecule has 0 spiro atoms. The van der Waals surface area contributed by atoms with Gasteiger partial charge in [-0.15, -0.1) is 0 Å². The molecule has 0 saturated heterocycles. The molecule has 0 radical (unpaired) electrons. The van der Waals surface area contributed by atoms with E-state index < -0.39 is 27.8 Å². The van der Waals surface area contributed by atoms with Crippen LogP contribution in [0.2, 0.25) is 0 Å². The Labute approximate surface area is 192 Å². The number of carbonyl (C=O) groups is 2. The van der Waals surface area contributed by atoms with Crippen LogP contribution in [0.4, 0.5) is 4.39 Å². The lowest BCUT2D eigenvalue weighted by atomic mass is 10.1. The van der Waals surface area contributed by atoms with Crippen molar-refractivity contribution in [3.8, 4) is 0 Å². The molecule has 2 aromatic carbocycles. The fraction of sp³-hybridized carbons (Fsp3) is 0.348. The van der Waals surface area contributed by atoms with Crippen LogP contribution < -0.4 is 15.4 Å². The third kappa shape index (κ3) is 5.95. The third-order valence-corrected chi connectivity index (χ3v) is 6.62. The van der Waals surface area contributed by atoms with E-state index in [0.717, 1.165) is 12.8 Å². The Bertz CT molecular complexity index is 1180. The van der Waals surface area contributed by atoms with Crippen molar-refractivity contribution in [1.82, 2.24) is 15.4 Å². The normalized spacial score (nSPS) is 16.0. The fourth-order valence-corrected chi connectivity index (χ4v) is 4.59. The van der Waals surface area contributed by atoms with Gasteiger partial charge in [0.05, 0.1) is 4.90 Å². The van der Waals surface area contributed by atoms with Gasteiger partial charge in [-0.05, 0) is 43.2 Å². The summed E-state index contributed by atoms with van der Waals surface area (Å²) < 4.78 is 40.7. The van der Waals surface area contributed by atoms with Crippen molar-refractivity contribution in [3.63, 3.8) is 0 Å². The van der Waals surface area contributed by atoms with Crippen LogP contribution in [0.3, 0.4) is 0 Å². The maximum atomic E-state index is 13.6. The number of sulfonamides is 1. The number of halogens is 1. The summed E-state index contributed by atoms with van der Waals surface area (Å²) in [7, 11) is -3.70. The number of nitrogens with zero attached hydrogens (tertiary/aromatic N) is 1. The van der Waals surface area contributed by atoms with Gasteiger partial charge in [-0.25, -0.2) is 12.8 Å². The largest absolute Gasteiger partial charge is 0.352 e. The highest BCUT2D eigenvalue weighted by molar-refractivity contribution is 7.90. The number of nitrogens with one attached hydrogen (secondary N) is 3. The lowest BCUT2D eigenvalue weighted by Gasteiger charge is -2.14. The molecule has 1 atom stereocenters. The van der Waals surface area contributed by atoms with E-state index in [1.807, 2.05) is 6.92 Å². The molecule has 3 rings (SSSR count). The molecule has 33 heavy (non-hydrogen) atoms. The zero-order valence-electron chi connectivity index (χ0n) is 18.5. The quantitative estimate of drug-likeness (QED) is 0.484. The van der Waals surface area contributed by atoms with E-state index >= 15 is 0 Å². The van der Waals surface area contributed by atoms with Crippen molar-refractivity contribution >= 4 is 27.7 Å². The predicted molar refractivity (Wildman–Crippen MR) is 123 cm³/mol. The average Bonchev–Trinajstić information content (AvgIpc) is 3.05. The van der Waals surface area contributed by atoms with Crippen LogP contribution in [0.1, 0.15) is 47.7 Å². The Morgan fingerprint density at radius 1 is 1.12 bits per heavy atom. The Morgan fingerprint density at radius 3 is 2.58 bits per heavy atom. The van der Waals surface area contributed by atoms with Crippen LogP contribution in [0.25, 0.3) is 0 Å². The van der Waals surface area contributed by atoms with Gasteiger partial charge in [-0.1, -0.05) is 38.0 Å². The first-order valence-electron chi connectivity index (χ1n) is 10.7. The van der Waals surface area contributed by atoms with Crippen molar-refractivity contribution in [2.24, 2.45) is 4.99 Å². The molecule has 0 saturated carbocycles. The Kier molecular flexibility index (Phi) is 7.80. The van der Waals surface area contributed by atoms with E-state index in [0.29, 0.717) is 17.5 Å². The summed E-state index contributed by atoms with van der Waals surface area (Å²) in [4.78, 5) is 29.5. The van der Waals surface area contributed by atoms with Crippen molar-refractivity contribution in [2.45, 2.75) is 44.0 Å². The molecular weight excluding hydrogens is 447 g/mol. The van der Waals surface area contributed by atoms with Gasteiger partial charge >= 0.3 is 0 Å². The molecular formula is C23H27FN4O4S. The molecule has 176 valence electrons. The number of amidine groups is 1. The van der Waals surface area contributed by atoms with Gasteiger partial charge in [0, 0.05) is 24.2 Å². The van der Waals surface area contributed by atoms with Crippen LogP contribution >= 0.6 is 0 Å². The number of hydrogen-bond acceptors (Lipinski definition) is 5. The molecule has 1 aliphatic rings. The van der Waals surface area contributed by atoms with Crippen molar-refractivity contribution in [2.75, 3.05) is 13.1 Å². The highest BCUT2D eigenvalue weighted by Gasteiger charge is 2.31. The summed E-state index contributed by atoms with van der Waals surface area (Å²) in [5, 5.41) is 5.36. The number of amides is 2. The van der Waals surface area contributed by atoms with Crippen LogP contribution in [0.5, 0.6) is 0 Å². The van der Waals surface area contributed by atoms with Gasteiger partial charge in [-0.3, -0.25) is 19.3 Å². The standard InChI is InChI=1S/C23H27FN4O4S/c1-3-4-8-19(27-21-17-7-5-6-9-20(17)33(31,32)28-21)23(30)26-13-12-25-22(29)16-11-10-15(2)18(24)14-16/h5-7,9-11,14,19H,3-4,8,12-13H2,1-2H3,(H,25,29)(H,26,30)(H,27,28). The van der Waals surface area contributed by atoms with Crippen LogP contribution in [0, 0.1) is 12.7 Å². The third-order valence-electron chi connectivity index (χ3n) is 5.23. The predicted octanol–water partition coefficient (Wildman–Crippen LogP) is 2.28. The molecule has 0 aliphatic carbocycles. The van der Waals surface area contributed by atoms with E-state index in [1.54, 1.807) is 25.1 Å². The maximum absolute atomic E-state index is 13.6. The van der Waals surface area contributed by atoms with Gasteiger partial charge in [0.2, 0.25) is 5.91 Å². The minimum Gasteiger partial charge on any atom is -0.352 e. The molecule has 3 N–H and O–H groups in total. The van der Waals surface area contributed by atoms with Gasteiger partial charge in [-0.2, -0.15) is 0 Å². The minimum atomic E-state index is -3.70. The average molecular weight is 475 g/mol. The molecule has 1 aliphatic heterocycles. The number of carbonyl (C=O) groups excluding carboxylic acids is 2. The monoisotopic (exact) mass is 474 g/mol. The number of benzene rings is 2. The Hall–Kier alpha value is -3.27. The second-order valence-electron chi connectivity index (χ2n) is 7.75. The highest BCUT2D eigenvalue weighted by atomic mass is 32.2. The summed E-state index contributed by atoms with van der Waals surface area (Å²) >= 11 is 0. The first-order valence-corrected chi connectivity index (χ1v) is 12.2. The molecule has 8 nitrogen and oxygen atoms in total. The maximum Gasteiger partial charge on any atom is 0.263 e. The molecule has 0 aromatic heterocycles.